The Hall–Kier alpha value is -1.30. The topological polar surface area (TPSA) is 59.1 Å². The lowest BCUT2D eigenvalue weighted by Crippen LogP contribution is -2.63. The highest BCUT2D eigenvalue weighted by Crippen LogP contribution is 2.50. The average Bonchev–Trinajstić information content (AvgIpc) is 3.23. The first kappa shape index (κ1) is 18.5. The molecule has 0 bridgehead atoms. The van der Waals surface area contributed by atoms with Crippen molar-refractivity contribution >= 4 is 12.0 Å². The van der Waals surface area contributed by atoms with Gasteiger partial charge in [0.15, 0.2) is 0 Å². The summed E-state index contributed by atoms with van der Waals surface area (Å²) in [4.78, 5) is 28.8. The van der Waals surface area contributed by atoms with Crippen molar-refractivity contribution in [3.8, 4) is 0 Å². The zero-order valence-corrected chi connectivity index (χ0v) is 16.3. The zero-order chi connectivity index (χ0) is 18.5. The number of carbonyl (C=O) groups excluding carboxylic acids is 2. The number of morpholine rings is 1. The molecule has 3 fully saturated rings. The van der Waals surface area contributed by atoms with E-state index in [2.05, 4.69) is 13.8 Å². The van der Waals surface area contributed by atoms with Gasteiger partial charge in [0.1, 0.15) is 11.2 Å². The number of hydrogen-bond donors (Lipinski definition) is 0. The first-order valence-corrected chi connectivity index (χ1v) is 9.52. The number of amides is 2. The Labute approximate surface area is 150 Å². The van der Waals surface area contributed by atoms with Crippen molar-refractivity contribution < 1.29 is 19.1 Å². The monoisotopic (exact) mass is 352 g/mol. The van der Waals surface area contributed by atoms with Crippen LogP contribution >= 0.6 is 0 Å². The lowest BCUT2D eigenvalue weighted by molar-refractivity contribution is -0.200. The van der Waals surface area contributed by atoms with Gasteiger partial charge in [-0.05, 0) is 52.4 Å². The van der Waals surface area contributed by atoms with Gasteiger partial charge in [-0.2, -0.15) is 0 Å². The Morgan fingerprint density at radius 1 is 1.20 bits per heavy atom. The van der Waals surface area contributed by atoms with Crippen molar-refractivity contribution in [3.05, 3.63) is 0 Å². The molecule has 3 rings (SSSR count). The number of carbonyl (C=O) groups is 2. The fraction of sp³-hybridized carbons (Fsp3) is 0.895. The van der Waals surface area contributed by atoms with E-state index >= 15 is 0 Å². The second-order valence-electron chi connectivity index (χ2n) is 9.33. The average molecular weight is 352 g/mol. The van der Waals surface area contributed by atoms with Crippen molar-refractivity contribution in [2.75, 3.05) is 26.2 Å². The van der Waals surface area contributed by atoms with Crippen molar-refractivity contribution in [3.63, 3.8) is 0 Å². The van der Waals surface area contributed by atoms with Gasteiger partial charge in [0.2, 0.25) is 0 Å². The number of nitrogens with zero attached hydrogens (tertiary/aromatic N) is 2. The molecule has 0 atom stereocenters. The number of likely N-dealkylation sites (tertiary alicyclic amines) is 1. The SMILES string of the molecule is CC(C)CN1CC2(CCN(C(=O)OC(C)(C)C)CC2)OC2(CC2)C1=O. The van der Waals surface area contributed by atoms with Crippen LogP contribution in [0.25, 0.3) is 0 Å². The highest BCUT2D eigenvalue weighted by molar-refractivity contribution is 5.89. The summed E-state index contributed by atoms with van der Waals surface area (Å²) in [6.07, 6.45) is 2.93. The van der Waals surface area contributed by atoms with Crippen LogP contribution in [0.2, 0.25) is 0 Å². The van der Waals surface area contributed by atoms with Gasteiger partial charge in [-0.1, -0.05) is 13.8 Å². The summed E-state index contributed by atoms with van der Waals surface area (Å²) >= 11 is 0. The Balaban J connectivity index is 1.65. The first-order valence-electron chi connectivity index (χ1n) is 9.52. The molecule has 3 aliphatic rings. The van der Waals surface area contributed by atoms with Gasteiger partial charge in [0.05, 0.1) is 5.60 Å². The summed E-state index contributed by atoms with van der Waals surface area (Å²) < 4.78 is 11.9. The van der Waals surface area contributed by atoms with E-state index in [1.807, 2.05) is 25.7 Å². The minimum absolute atomic E-state index is 0.168. The minimum atomic E-state index is -0.568. The third-order valence-electron chi connectivity index (χ3n) is 5.18. The summed E-state index contributed by atoms with van der Waals surface area (Å²) in [6.45, 7) is 12.6. The Morgan fingerprint density at radius 3 is 2.28 bits per heavy atom. The molecule has 6 heteroatoms. The van der Waals surface area contributed by atoms with Crippen molar-refractivity contribution in [1.82, 2.24) is 9.80 Å². The molecule has 0 aromatic rings. The van der Waals surface area contributed by atoms with Crippen LogP contribution in [0.5, 0.6) is 0 Å². The van der Waals surface area contributed by atoms with Crippen LogP contribution < -0.4 is 0 Å². The van der Waals surface area contributed by atoms with Gasteiger partial charge in [-0.25, -0.2) is 4.79 Å². The third-order valence-corrected chi connectivity index (χ3v) is 5.18. The van der Waals surface area contributed by atoms with Crippen molar-refractivity contribution in [2.45, 2.75) is 77.1 Å². The molecule has 0 N–H and O–H groups in total. The molecule has 1 saturated carbocycles. The Bertz CT molecular complexity index is 540. The summed E-state index contributed by atoms with van der Waals surface area (Å²) in [5.74, 6) is 0.609. The van der Waals surface area contributed by atoms with Crippen LogP contribution in [0, 0.1) is 5.92 Å². The maximum absolute atomic E-state index is 12.7. The largest absolute Gasteiger partial charge is 0.444 e. The van der Waals surface area contributed by atoms with Crippen LogP contribution in [0.15, 0.2) is 0 Å². The normalized spacial score (nSPS) is 25.0. The third kappa shape index (κ3) is 3.94. The van der Waals surface area contributed by atoms with E-state index in [9.17, 15) is 9.59 Å². The van der Waals surface area contributed by atoms with Crippen LogP contribution in [0.4, 0.5) is 4.79 Å². The Kier molecular flexibility index (Phi) is 4.55. The maximum atomic E-state index is 12.7. The van der Waals surface area contributed by atoms with Gasteiger partial charge >= 0.3 is 6.09 Å². The molecule has 25 heavy (non-hydrogen) atoms. The summed E-state index contributed by atoms with van der Waals surface area (Å²) in [5, 5.41) is 0. The summed E-state index contributed by atoms with van der Waals surface area (Å²) in [7, 11) is 0. The van der Waals surface area contributed by atoms with Crippen LogP contribution in [-0.4, -0.2) is 64.8 Å². The number of ether oxygens (including phenoxy) is 2. The molecule has 0 unspecified atom stereocenters. The fourth-order valence-corrected chi connectivity index (χ4v) is 3.90. The molecule has 2 saturated heterocycles. The minimum Gasteiger partial charge on any atom is -0.444 e. The van der Waals surface area contributed by atoms with E-state index in [-0.39, 0.29) is 17.6 Å². The van der Waals surface area contributed by atoms with E-state index in [1.54, 1.807) is 4.90 Å². The lowest BCUT2D eigenvalue weighted by Gasteiger charge is -2.50. The summed E-state index contributed by atoms with van der Waals surface area (Å²) in [6, 6.07) is 0. The molecule has 2 spiro atoms. The van der Waals surface area contributed by atoms with Crippen molar-refractivity contribution in [2.24, 2.45) is 5.92 Å². The quantitative estimate of drug-likeness (QED) is 0.767. The molecule has 0 aromatic carbocycles. The summed E-state index contributed by atoms with van der Waals surface area (Å²) in [5.41, 5.74) is -1.36. The molecule has 2 aliphatic heterocycles. The molecule has 1 aliphatic carbocycles. The van der Waals surface area contributed by atoms with Gasteiger partial charge in [0, 0.05) is 26.2 Å². The van der Waals surface area contributed by atoms with Gasteiger partial charge in [0.25, 0.3) is 5.91 Å². The molecule has 6 nitrogen and oxygen atoms in total. The predicted octanol–water partition coefficient (Wildman–Crippen LogP) is 2.80. The molecule has 2 amide bonds. The van der Waals surface area contributed by atoms with Crippen molar-refractivity contribution in [1.29, 1.82) is 0 Å². The molecular formula is C19H32N2O4. The second-order valence-corrected chi connectivity index (χ2v) is 9.33. The maximum Gasteiger partial charge on any atom is 0.410 e. The highest BCUT2D eigenvalue weighted by Gasteiger charge is 2.61. The van der Waals surface area contributed by atoms with Crippen LogP contribution in [-0.2, 0) is 14.3 Å². The van der Waals surface area contributed by atoms with E-state index in [0.717, 1.165) is 32.2 Å². The van der Waals surface area contributed by atoms with E-state index in [1.165, 1.54) is 0 Å². The number of piperidine rings is 1. The molecular weight excluding hydrogens is 320 g/mol. The number of hydrogen-bond acceptors (Lipinski definition) is 4. The van der Waals surface area contributed by atoms with Gasteiger partial charge < -0.3 is 19.3 Å². The van der Waals surface area contributed by atoms with Crippen LogP contribution in [0.1, 0.15) is 60.3 Å². The first-order chi connectivity index (χ1) is 11.5. The molecule has 0 radical (unpaired) electrons. The van der Waals surface area contributed by atoms with Crippen LogP contribution in [0.3, 0.4) is 0 Å². The molecule has 0 aromatic heterocycles. The fourth-order valence-electron chi connectivity index (χ4n) is 3.90. The predicted molar refractivity (Wildman–Crippen MR) is 94.2 cm³/mol. The standard InChI is InChI=1S/C19H32N2O4/c1-14(2)12-21-13-18(25-19(6-7-19)15(21)22)8-10-20(11-9-18)16(23)24-17(3,4)5/h14H,6-13H2,1-5H3. The van der Waals surface area contributed by atoms with E-state index in [4.69, 9.17) is 9.47 Å². The Morgan fingerprint density at radius 2 is 1.80 bits per heavy atom. The second kappa shape index (κ2) is 6.15. The highest BCUT2D eigenvalue weighted by atomic mass is 16.6. The lowest BCUT2D eigenvalue weighted by atomic mass is 9.87. The molecule has 2 heterocycles. The van der Waals surface area contributed by atoms with E-state index < -0.39 is 11.2 Å². The molecule has 142 valence electrons. The zero-order valence-electron chi connectivity index (χ0n) is 16.3. The smallest absolute Gasteiger partial charge is 0.410 e. The van der Waals surface area contributed by atoms with Gasteiger partial charge in [-0.3, -0.25) is 4.79 Å². The van der Waals surface area contributed by atoms with Gasteiger partial charge in [-0.15, -0.1) is 0 Å². The number of rotatable bonds is 2. The van der Waals surface area contributed by atoms with E-state index in [0.29, 0.717) is 25.6 Å².